The molecular weight excluding hydrogens is 296 g/mol. The summed E-state index contributed by atoms with van der Waals surface area (Å²) >= 11 is 0. The van der Waals surface area contributed by atoms with Crippen LogP contribution in [0.1, 0.15) is 5.89 Å². The zero-order chi connectivity index (χ0) is 14.9. The predicted octanol–water partition coefficient (Wildman–Crippen LogP) is 0.407. The molecule has 3 rings (SSSR count). The Morgan fingerprint density at radius 3 is 2.62 bits per heavy atom. The van der Waals surface area contributed by atoms with Crippen molar-refractivity contribution in [1.82, 2.24) is 19.4 Å². The summed E-state index contributed by atoms with van der Waals surface area (Å²) in [5.41, 5.74) is 0. The second-order valence-corrected chi connectivity index (χ2v) is 6.90. The van der Waals surface area contributed by atoms with Crippen molar-refractivity contribution in [2.75, 3.05) is 32.4 Å². The van der Waals surface area contributed by atoms with Crippen molar-refractivity contribution in [3.8, 4) is 11.7 Å². The van der Waals surface area contributed by atoms with E-state index in [0.29, 0.717) is 50.3 Å². The van der Waals surface area contributed by atoms with Gasteiger partial charge in [-0.05, 0) is 12.1 Å². The number of piperazine rings is 1. The number of nitrogens with zero attached hydrogens (tertiary/aromatic N) is 4. The molecule has 0 bridgehead atoms. The van der Waals surface area contributed by atoms with E-state index in [0.717, 1.165) is 0 Å². The van der Waals surface area contributed by atoms with Gasteiger partial charge in [-0.1, -0.05) is 0 Å². The van der Waals surface area contributed by atoms with Crippen molar-refractivity contribution in [1.29, 1.82) is 0 Å². The lowest BCUT2D eigenvalue weighted by atomic mass is 10.3. The molecule has 1 aliphatic rings. The largest absolute Gasteiger partial charge is 0.459 e. The highest BCUT2D eigenvalue weighted by Crippen LogP contribution is 2.18. The highest BCUT2D eigenvalue weighted by atomic mass is 32.2. The molecule has 0 saturated carbocycles. The van der Waals surface area contributed by atoms with Crippen LogP contribution in [0.4, 0.5) is 0 Å². The first-order valence-corrected chi connectivity index (χ1v) is 8.41. The number of hydrogen-bond donors (Lipinski definition) is 0. The highest BCUT2D eigenvalue weighted by Gasteiger charge is 2.24. The van der Waals surface area contributed by atoms with Crippen molar-refractivity contribution in [2.45, 2.75) is 6.54 Å². The van der Waals surface area contributed by atoms with E-state index in [1.54, 1.807) is 18.4 Å². The lowest BCUT2D eigenvalue weighted by Gasteiger charge is -2.32. The molecule has 3 heterocycles. The molecule has 1 saturated heterocycles. The number of aromatic nitrogens is 2. The van der Waals surface area contributed by atoms with Crippen LogP contribution in [0.5, 0.6) is 0 Å². The van der Waals surface area contributed by atoms with Crippen molar-refractivity contribution in [3.63, 3.8) is 0 Å². The van der Waals surface area contributed by atoms with Gasteiger partial charge in [0, 0.05) is 26.2 Å². The molecule has 0 amide bonds. The average Bonchev–Trinajstić information content (AvgIpc) is 3.08. The van der Waals surface area contributed by atoms with Gasteiger partial charge >= 0.3 is 0 Å². The van der Waals surface area contributed by atoms with Gasteiger partial charge in [0.25, 0.3) is 5.89 Å². The van der Waals surface area contributed by atoms with Crippen LogP contribution in [0.2, 0.25) is 0 Å². The summed E-state index contributed by atoms with van der Waals surface area (Å²) in [6.45, 7) is 2.76. The van der Waals surface area contributed by atoms with E-state index >= 15 is 0 Å². The summed E-state index contributed by atoms with van der Waals surface area (Å²) in [4.78, 5) is 2.08. The zero-order valence-electron chi connectivity index (χ0n) is 11.6. The Bertz CT molecular complexity index is 687. The van der Waals surface area contributed by atoms with Crippen LogP contribution in [-0.4, -0.2) is 60.3 Å². The smallest absolute Gasteiger partial charge is 0.283 e. The molecule has 0 radical (unpaired) electrons. The van der Waals surface area contributed by atoms with Crippen LogP contribution in [0.3, 0.4) is 0 Å². The monoisotopic (exact) mass is 312 g/mol. The number of furan rings is 1. The zero-order valence-corrected chi connectivity index (χ0v) is 12.4. The normalized spacial score (nSPS) is 18.1. The minimum atomic E-state index is -3.10. The van der Waals surface area contributed by atoms with Crippen molar-refractivity contribution >= 4 is 10.0 Å². The Hall–Kier alpha value is -1.71. The quantitative estimate of drug-likeness (QED) is 0.807. The Morgan fingerprint density at radius 2 is 2.00 bits per heavy atom. The molecular formula is C12H16N4O4S. The summed E-state index contributed by atoms with van der Waals surface area (Å²) in [5.74, 6) is 1.38. The van der Waals surface area contributed by atoms with E-state index in [4.69, 9.17) is 8.83 Å². The SMILES string of the molecule is CS(=O)(=O)N1CCN(Cc2nnc(-c3ccco3)o2)CC1. The van der Waals surface area contributed by atoms with Crippen molar-refractivity contribution in [3.05, 3.63) is 24.3 Å². The van der Waals surface area contributed by atoms with E-state index in [9.17, 15) is 8.42 Å². The van der Waals surface area contributed by atoms with Gasteiger partial charge in [-0.3, -0.25) is 4.90 Å². The maximum absolute atomic E-state index is 11.4. The summed E-state index contributed by atoms with van der Waals surface area (Å²) in [6, 6.07) is 3.51. The van der Waals surface area contributed by atoms with Crippen LogP contribution in [0.25, 0.3) is 11.7 Å². The van der Waals surface area contributed by atoms with E-state index in [-0.39, 0.29) is 0 Å². The minimum absolute atomic E-state index is 0.352. The number of hydrogen-bond acceptors (Lipinski definition) is 7. The summed E-state index contributed by atoms with van der Waals surface area (Å²) in [5, 5.41) is 7.92. The fraction of sp³-hybridized carbons (Fsp3) is 0.500. The first-order valence-electron chi connectivity index (χ1n) is 6.56. The molecule has 2 aromatic rings. The molecule has 0 atom stereocenters. The van der Waals surface area contributed by atoms with Crippen LogP contribution in [0, 0.1) is 0 Å². The second-order valence-electron chi connectivity index (χ2n) is 4.92. The maximum Gasteiger partial charge on any atom is 0.283 e. The Balaban J connectivity index is 1.59. The topological polar surface area (TPSA) is 92.7 Å². The molecule has 8 nitrogen and oxygen atoms in total. The van der Waals surface area contributed by atoms with E-state index in [1.807, 2.05) is 0 Å². The molecule has 9 heteroatoms. The molecule has 0 aromatic carbocycles. The third-order valence-corrected chi connectivity index (χ3v) is 4.66. The molecule has 0 spiro atoms. The third kappa shape index (κ3) is 3.31. The van der Waals surface area contributed by atoms with Gasteiger partial charge in [0.1, 0.15) is 0 Å². The van der Waals surface area contributed by atoms with Crippen LogP contribution in [-0.2, 0) is 16.6 Å². The number of sulfonamides is 1. The first kappa shape index (κ1) is 14.2. The molecule has 21 heavy (non-hydrogen) atoms. The van der Waals surface area contributed by atoms with Crippen LogP contribution >= 0.6 is 0 Å². The van der Waals surface area contributed by atoms with Crippen molar-refractivity contribution < 1.29 is 17.3 Å². The predicted molar refractivity (Wildman–Crippen MR) is 73.7 cm³/mol. The Labute approximate surface area is 122 Å². The summed E-state index contributed by atoms with van der Waals surface area (Å²) < 4.78 is 35.1. The van der Waals surface area contributed by atoms with Gasteiger partial charge in [-0.2, -0.15) is 4.31 Å². The molecule has 0 N–H and O–H groups in total. The standard InChI is InChI=1S/C12H16N4O4S/c1-21(17,18)16-6-4-15(5-7-16)9-11-13-14-12(20-11)10-3-2-8-19-10/h2-3,8H,4-7,9H2,1H3. The average molecular weight is 312 g/mol. The van der Waals surface area contributed by atoms with E-state index < -0.39 is 10.0 Å². The summed E-state index contributed by atoms with van der Waals surface area (Å²) in [7, 11) is -3.10. The van der Waals surface area contributed by atoms with Gasteiger partial charge in [0.2, 0.25) is 15.9 Å². The first-order chi connectivity index (χ1) is 10.0. The van der Waals surface area contributed by atoms with Crippen molar-refractivity contribution in [2.24, 2.45) is 0 Å². The molecule has 114 valence electrons. The van der Waals surface area contributed by atoms with Gasteiger partial charge in [0.05, 0.1) is 19.1 Å². The van der Waals surface area contributed by atoms with Gasteiger partial charge in [0.15, 0.2) is 5.76 Å². The lowest BCUT2D eigenvalue weighted by Crippen LogP contribution is -2.47. The molecule has 2 aromatic heterocycles. The van der Waals surface area contributed by atoms with Gasteiger partial charge in [-0.15, -0.1) is 10.2 Å². The van der Waals surface area contributed by atoms with E-state index in [2.05, 4.69) is 15.1 Å². The van der Waals surface area contributed by atoms with Gasteiger partial charge < -0.3 is 8.83 Å². The highest BCUT2D eigenvalue weighted by molar-refractivity contribution is 7.88. The summed E-state index contributed by atoms with van der Waals surface area (Å²) in [6.07, 6.45) is 2.78. The van der Waals surface area contributed by atoms with Crippen LogP contribution < -0.4 is 0 Å². The minimum Gasteiger partial charge on any atom is -0.459 e. The van der Waals surface area contributed by atoms with Crippen LogP contribution in [0.15, 0.2) is 27.2 Å². The molecule has 1 fully saturated rings. The van der Waals surface area contributed by atoms with Gasteiger partial charge in [-0.25, -0.2) is 8.42 Å². The van der Waals surface area contributed by atoms with E-state index in [1.165, 1.54) is 10.6 Å². The fourth-order valence-corrected chi connectivity index (χ4v) is 3.05. The molecule has 0 aliphatic carbocycles. The second kappa shape index (κ2) is 5.58. The Kier molecular flexibility index (Phi) is 3.79. The maximum atomic E-state index is 11.4. The fourth-order valence-electron chi connectivity index (χ4n) is 2.23. The molecule has 0 unspecified atom stereocenters. The third-order valence-electron chi connectivity index (χ3n) is 3.36. The number of rotatable bonds is 4. The molecule has 1 aliphatic heterocycles. The lowest BCUT2D eigenvalue weighted by molar-refractivity contribution is 0.169. The Morgan fingerprint density at radius 1 is 1.24 bits per heavy atom.